The first kappa shape index (κ1) is 36.4. The van der Waals surface area contributed by atoms with Crippen molar-refractivity contribution in [2.75, 3.05) is 4.90 Å². The third-order valence-corrected chi connectivity index (χ3v) is 13.7. The maximum Gasteiger partial charge on any atom is 0.0546 e. The van der Waals surface area contributed by atoms with Crippen LogP contribution >= 0.6 is 0 Å². The van der Waals surface area contributed by atoms with Crippen LogP contribution in [0.5, 0.6) is 0 Å². The Morgan fingerprint density at radius 1 is 0.417 bits per heavy atom. The normalized spacial score (nSPS) is 14.6. The minimum Gasteiger partial charge on any atom is -0.309 e. The largest absolute Gasteiger partial charge is 0.309 e. The van der Waals surface area contributed by atoms with Gasteiger partial charge in [-0.15, -0.1) is 0 Å². The van der Waals surface area contributed by atoms with Crippen LogP contribution in [0.1, 0.15) is 68.6 Å². The van der Waals surface area contributed by atoms with Crippen LogP contribution in [-0.2, 0) is 5.41 Å². The Labute approximate surface area is 354 Å². The van der Waals surface area contributed by atoms with Crippen molar-refractivity contribution < 1.29 is 0 Å². The Kier molecular flexibility index (Phi) is 9.00. The van der Waals surface area contributed by atoms with Gasteiger partial charge >= 0.3 is 0 Å². The molecule has 2 aliphatic rings. The minimum atomic E-state index is -0.148. The van der Waals surface area contributed by atoms with E-state index in [1.54, 1.807) is 0 Å². The van der Waals surface area contributed by atoms with Gasteiger partial charge in [-0.1, -0.05) is 203 Å². The molecule has 0 saturated heterocycles. The third kappa shape index (κ3) is 6.06. The first-order valence-corrected chi connectivity index (χ1v) is 21.9. The highest BCUT2D eigenvalue weighted by atomic mass is 15.1. The Balaban J connectivity index is 1.21. The fraction of sp³-hybridized carbons (Fsp3) is 0.153. The van der Waals surface area contributed by atoms with Crippen LogP contribution in [0, 0.1) is 0 Å². The molecule has 290 valence electrons. The predicted molar refractivity (Wildman–Crippen MR) is 256 cm³/mol. The van der Waals surface area contributed by atoms with Gasteiger partial charge < -0.3 is 4.90 Å². The average molecular weight is 772 g/mol. The van der Waals surface area contributed by atoms with E-state index in [2.05, 4.69) is 213 Å². The molecule has 2 aliphatic carbocycles. The molecule has 0 aromatic heterocycles. The van der Waals surface area contributed by atoms with Crippen molar-refractivity contribution in [3.8, 4) is 44.5 Å². The molecule has 0 amide bonds. The maximum absolute atomic E-state index is 2.58. The van der Waals surface area contributed by atoms with Crippen molar-refractivity contribution in [3.05, 3.63) is 211 Å². The molecule has 0 heterocycles. The van der Waals surface area contributed by atoms with E-state index in [0.29, 0.717) is 5.92 Å². The summed E-state index contributed by atoms with van der Waals surface area (Å²) in [5.74, 6) is 0.578. The highest BCUT2D eigenvalue weighted by molar-refractivity contribution is 6.05. The van der Waals surface area contributed by atoms with E-state index >= 15 is 0 Å². The number of benzene rings is 9. The third-order valence-electron chi connectivity index (χ3n) is 13.7. The second kappa shape index (κ2) is 14.8. The summed E-state index contributed by atoms with van der Waals surface area (Å²) in [6.45, 7) is 4.78. The van der Waals surface area contributed by atoms with Crippen molar-refractivity contribution >= 4 is 38.6 Å². The lowest BCUT2D eigenvalue weighted by atomic mass is 9.80. The Morgan fingerprint density at radius 2 is 1.05 bits per heavy atom. The molecule has 9 aromatic carbocycles. The summed E-state index contributed by atoms with van der Waals surface area (Å²) in [4.78, 5) is 2.58. The quantitative estimate of drug-likeness (QED) is 0.156. The van der Waals surface area contributed by atoms with E-state index in [-0.39, 0.29) is 5.41 Å². The van der Waals surface area contributed by atoms with Crippen molar-refractivity contribution in [1.29, 1.82) is 0 Å². The zero-order chi connectivity index (χ0) is 40.2. The molecular weight excluding hydrogens is 723 g/mol. The molecule has 0 atom stereocenters. The SMILES string of the molecule is CC1(C)c2ccccc2-c2ccc(N(c3cc(-c4cccc5ccccc45)ccc3-c3ccccc3)c3ccccc3-c3cccc4cccc(C5CCCCC5)c34)cc21. The Morgan fingerprint density at radius 3 is 1.90 bits per heavy atom. The van der Waals surface area contributed by atoms with Crippen LogP contribution in [0.2, 0.25) is 0 Å². The number of fused-ring (bicyclic) bond motifs is 5. The summed E-state index contributed by atoms with van der Waals surface area (Å²) >= 11 is 0. The molecule has 9 aromatic rings. The summed E-state index contributed by atoms with van der Waals surface area (Å²) in [6, 6.07) is 72.9. The van der Waals surface area contributed by atoms with Gasteiger partial charge in [0, 0.05) is 22.2 Å². The van der Waals surface area contributed by atoms with Gasteiger partial charge in [-0.3, -0.25) is 0 Å². The Bertz CT molecular complexity index is 3040. The van der Waals surface area contributed by atoms with Crippen LogP contribution < -0.4 is 4.90 Å². The summed E-state index contributed by atoms with van der Waals surface area (Å²) in [7, 11) is 0. The van der Waals surface area contributed by atoms with E-state index in [9.17, 15) is 0 Å². The predicted octanol–water partition coefficient (Wildman–Crippen LogP) is 16.8. The fourth-order valence-corrected chi connectivity index (χ4v) is 10.7. The van der Waals surface area contributed by atoms with Crippen LogP contribution in [0.25, 0.3) is 66.1 Å². The van der Waals surface area contributed by atoms with Gasteiger partial charge in [0.15, 0.2) is 0 Å². The number of para-hydroxylation sites is 1. The molecule has 60 heavy (non-hydrogen) atoms. The summed E-state index contributed by atoms with van der Waals surface area (Å²) < 4.78 is 0. The molecule has 0 unspecified atom stereocenters. The second-order valence-electron chi connectivity index (χ2n) is 17.5. The standard InChI is InChI=1S/C59H49N/c1-59(2)54-32-13-11-27-50(54)51-37-35-45(39-55(51)59)60(56-33-14-12-28-52(56)53-31-17-25-43-24-16-30-49(58(43)53)42-20-7-4-8-21-42)57-38-44(34-36-48(57)41-18-5-3-6-19-41)47-29-15-23-40-22-9-10-26-46(40)47/h3,5-6,9-19,22-39,42H,4,7-8,20-21H2,1-2H3. The smallest absolute Gasteiger partial charge is 0.0546 e. The molecule has 0 N–H and O–H groups in total. The van der Waals surface area contributed by atoms with E-state index in [1.165, 1.54) is 121 Å². The summed E-state index contributed by atoms with van der Waals surface area (Å²) in [5.41, 5.74) is 17.6. The highest BCUT2D eigenvalue weighted by Crippen LogP contribution is 2.53. The lowest BCUT2D eigenvalue weighted by Gasteiger charge is -2.32. The molecule has 0 bridgehead atoms. The molecule has 0 spiro atoms. The monoisotopic (exact) mass is 771 g/mol. The fourth-order valence-electron chi connectivity index (χ4n) is 10.7. The first-order chi connectivity index (χ1) is 29.5. The number of hydrogen-bond acceptors (Lipinski definition) is 1. The average Bonchev–Trinajstić information content (AvgIpc) is 3.54. The molecule has 1 nitrogen and oxygen atoms in total. The van der Waals surface area contributed by atoms with Crippen molar-refractivity contribution in [2.24, 2.45) is 0 Å². The van der Waals surface area contributed by atoms with Crippen LogP contribution in [0.4, 0.5) is 17.1 Å². The van der Waals surface area contributed by atoms with Crippen LogP contribution in [0.3, 0.4) is 0 Å². The highest BCUT2D eigenvalue weighted by Gasteiger charge is 2.36. The molecule has 0 aliphatic heterocycles. The number of rotatable bonds is 7. The topological polar surface area (TPSA) is 3.24 Å². The molecule has 1 fully saturated rings. The second-order valence-corrected chi connectivity index (χ2v) is 17.5. The lowest BCUT2D eigenvalue weighted by molar-refractivity contribution is 0.445. The molecule has 1 heteroatoms. The number of nitrogens with zero attached hydrogens (tertiary/aromatic N) is 1. The lowest BCUT2D eigenvalue weighted by Crippen LogP contribution is -2.17. The van der Waals surface area contributed by atoms with Crippen molar-refractivity contribution in [1.82, 2.24) is 0 Å². The van der Waals surface area contributed by atoms with E-state index < -0.39 is 0 Å². The maximum atomic E-state index is 2.58. The van der Waals surface area contributed by atoms with E-state index in [1.807, 2.05) is 0 Å². The number of hydrogen-bond donors (Lipinski definition) is 0. The zero-order valence-electron chi connectivity index (χ0n) is 34.5. The molecule has 11 rings (SSSR count). The number of anilines is 3. The van der Waals surface area contributed by atoms with Gasteiger partial charge in [0.25, 0.3) is 0 Å². The van der Waals surface area contributed by atoms with Crippen molar-refractivity contribution in [3.63, 3.8) is 0 Å². The minimum absolute atomic E-state index is 0.148. The van der Waals surface area contributed by atoms with Crippen molar-refractivity contribution in [2.45, 2.75) is 57.3 Å². The summed E-state index contributed by atoms with van der Waals surface area (Å²) in [5, 5.41) is 5.22. The van der Waals surface area contributed by atoms with Gasteiger partial charge in [0.2, 0.25) is 0 Å². The molecular formula is C59H49N. The summed E-state index contributed by atoms with van der Waals surface area (Å²) in [6.07, 6.45) is 6.48. The molecule has 0 radical (unpaired) electrons. The van der Waals surface area contributed by atoms with Crippen LogP contribution in [-0.4, -0.2) is 0 Å². The van der Waals surface area contributed by atoms with Gasteiger partial charge in [0.1, 0.15) is 0 Å². The van der Waals surface area contributed by atoms with Gasteiger partial charge in [-0.25, -0.2) is 0 Å². The Hall–Kier alpha value is -6.70. The van der Waals surface area contributed by atoms with E-state index in [0.717, 1.165) is 11.4 Å². The zero-order valence-corrected chi connectivity index (χ0v) is 34.5. The first-order valence-electron chi connectivity index (χ1n) is 21.9. The van der Waals surface area contributed by atoms with Gasteiger partial charge in [-0.05, 0) is 115 Å². The molecule has 1 saturated carbocycles. The van der Waals surface area contributed by atoms with Crippen LogP contribution in [0.15, 0.2) is 194 Å². The van der Waals surface area contributed by atoms with Gasteiger partial charge in [0.05, 0.1) is 11.4 Å². The van der Waals surface area contributed by atoms with Gasteiger partial charge in [-0.2, -0.15) is 0 Å². The van der Waals surface area contributed by atoms with E-state index in [4.69, 9.17) is 0 Å².